The van der Waals surface area contributed by atoms with Crippen molar-refractivity contribution in [1.82, 2.24) is 9.55 Å². The highest BCUT2D eigenvalue weighted by molar-refractivity contribution is 6.07. The molecule has 0 spiro atoms. The number of carbonyl (C=O) groups excluding carboxylic acids is 1. The Hall–Kier alpha value is -3.62. The minimum atomic E-state index is -0.694. The molecule has 1 unspecified atom stereocenters. The Bertz CT molecular complexity index is 1080. The Morgan fingerprint density at radius 1 is 1.28 bits per heavy atom. The Morgan fingerprint density at radius 3 is 2.66 bits per heavy atom. The number of hydrogen-bond donors (Lipinski definition) is 1. The van der Waals surface area contributed by atoms with Crippen molar-refractivity contribution in [3.8, 4) is 0 Å². The smallest absolute Gasteiger partial charge is 0.293 e. The summed E-state index contributed by atoms with van der Waals surface area (Å²) in [6.45, 7) is 1.74. The third-order valence-electron chi connectivity index (χ3n) is 4.55. The first-order valence-electron chi connectivity index (χ1n) is 8.83. The lowest BCUT2D eigenvalue weighted by molar-refractivity contribution is -0.384. The van der Waals surface area contributed by atoms with Gasteiger partial charge in [0, 0.05) is 36.6 Å². The number of aromatic nitrogens is 2. The quantitative estimate of drug-likeness (QED) is 0.361. The molecule has 0 fully saturated rings. The molecule has 3 rings (SSSR count). The zero-order valence-electron chi connectivity index (χ0n) is 15.7. The molecule has 150 valence electrons. The number of nitrogens with zero attached hydrogens (tertiary/aromatic N) is 3. The summed E-state index contributed by atoms with van der Waals surface area (Å²) in [6.07, 6.45) is 3.40. The molecular weight excluding hydrogens is 382 g/mol. The predicted molar refractivity (Wildman–Crippen MR) is 103 cm³/mol. The highest BCUT2D eigenvalue weighted by Crippen LogP contribution is 2.32. The lowest BCUT2D eigenvalue weighted by Gasteiger charge is -2.19. The van der Waals surface area contributed by atoms with Crippen molar-refractivity contribution in [2.75, 3.05) is 5.32 Å². The second-order valence-electron chi connectivity index (χ2n) is 6.45. The topological polar surface area (TPSA) is 90.1 Å². The summed E-state index contributed by atoms with van der Waals surface area (Å²) in [5.74, 6) is -1.54. The molecule has 1 atom stereocenters. The molecule has 29 heavy (non-hydrogen) atoms. The van der Waals surface area contributed by atoms with Gasteiger partial charge in [-0.05, 0) is 36.8 Å². The van der Waals surface area contributed by atoms with Gasteiger partial charge in [-0.15, -0.1) is 0 Å². The number of nitro groups is 1. The van der Waals surface area contributed by atoms with E-state index in [-0.39, 0.29) is 28.3 Å². The second kappa shape index (κ2) is 8.17. The Morgan fingerprint density at radius 2 is 2.03 bits per heavy atom. The standard InChI is InChI=1S/C20H18F2N4O3/c1-3-16(14-11-13(21)5-6-15(14)22)24-17-7-4-12(10-18(17)26(28)29)19(27)20-23-8-9-25(20)2/h4-11,16,24H,3H2,1-2H3. The van der Waals surface area contributed by atoms with Crippen LogP contribution in [0.25, 0.3) is 0 Å². The summed E-state index contributed by atoms with van der Waals surface area (Å²) < 4.78 is 29.2. The number of hydrogen-bond acceptors (Lipinski definition) is 5. The maximum absolute atomic E-state index is 14.1. The average molecular weight is 400 g/mol. The molecule has 0 aliphatic rings. The number of halogens is 2. The summed E-state index contributed by atoms with van der Waals surface area (Å²) in [4.78, 5) is 27.5. The van der Waals surface area contributed by atoms with Crippen LogP contribution in [0.1, 0.15) is 41.1 Å². The van der Waals surface area contributed by atoms with E-state index in [1.54, 1.807) is 20.2 Å². The molecule has 7 nitrogen and oxygen atoms in total. The maximum Gasteiger partial charge on any atom is 0.293 e. The number of nitro benzene ring substituents is 1. The van der Waals surface area contributed by atoms with Crippen molar-refractivity contribution in [1.29, 1.82) is 0 Å². The van der Waals surface area contributed by atoms with Gasteiger partial charge in [0.2, 0.25) is 5.78 Å². The summed E-state index contributed by atoms with van der Waals surface area (Å²) in [7, 11) is 1.64. The number of benzene rings is 2. The summed E-state index contributed by atoms with van der Waals surface area (Å²) in [6, 6.07) is 6.34. The molecule has 9 heteroatoms. The SMILES string of the molecule is CCC(Nc1ccc(C(=O)c2nccn2C)cc1[N+](=O)[O-])c1cc(F)ccc1F. The minimum Gasteiger partial charge on any atom is -0.373 e. The van der Waals surface area contributed by atoms with Gasteiger partial charge in [0.25, 0.3) is 5.69 Å². The van der Waals surface area contributed by atoms with Gasteiger partial charge in [0.05, 0.1) is 11.0 Å². The largest absolute Gasteiger partial charge is 0.373 e. The van der Waals surface area contributed by atoms with Gasteiger partial charge < -0.3 is 9.88 Å². The van der Waals surface area contributed by atoms with Gasteiger partial charge in [-0.3, -0.25) is 14.9 Å². The molecule has 0 amide bonds. The molecule has 0 aliphatic heterocycles. The van der Waals surface area contributed by atoms with Crippen LogP contribution in [0, 0.1) is 21.7 Å². The number of carbonyl (C=O) groups is 1. The van der Waals surface area contributed by atoms with Crippen molar-refractivity contribution in [3.05, 3.63) is 87.5 Å². The van der Waals surface area contributed by atoms with Crippen LogP contribution in [0.2, 0.25) is 0 Å². The first-order chi connectivity index (χ1) is 13.8. The molecular formula is C20H18F2N4O3. The van der Waals surface area contributed by atoms with Crippen molar-refractivity contribution >= 4 is 17.2 Å². The number of ketones is 1. The number of imidazole rings is 1. The molecule has 1 N–H and O–H groups in total. The summed E-state index contributed by atoms with van der Waals surface area (Å²) >= 11 is 0. The van der Waals surface area contributed by atoms with E-state index in [0.29, 0.717) is 6.42 Å². The second-order valence-corrected chi connectivity index (χ2v) is 6.45. The molecule has 0 aliphatic carbocycles. The Labute approximate surface area is 165 Å². The van der Waals surface area contributed by atoms with Crippen LogP contribution in [0.3, 0.4) is 0 Å². The summed E-state index contributed by atoms with van der Waals surface area (Å²) in [5.41, 5.74) is -0.0845. The van der Waals surface area contributed by atoms with Gasteiger partial charge in [-0.1, -0.05) is 6.92 Å². The molecule has 1 heterocycles. The van der Waals surface area contributed by atoms with Crippen LogP contribution < -0.4 is 5.32 Å². The normalized spacial score (nSPS) is 11.9. The Balaban J connectivity index is 1.97. The first kappa shape index (κ1) is 20.1. The highest BCUT2D eigenvalue weighted by atomic mass is 19.1. The van der Waals surface area contributed by atoms with Crippen LogP contribution in [0.4, 0.5) is 20.2 Å². The zero-order chi connectivity index (χ0) is 21.1. The lowest BCUT2D eigenvalue weighted by Crippen LogP contribution is -2.14. The number of aryl methyl sites for hydroxylation is 1. The fourth-order valence-electron chi connectivity index (χ4n) is 3.03. The predicted octanol–water partition coefficient (Wildman–Crippen LogP) is 4.40. The van der Waals surface area contributed by atoms with Gasteiger partial charge in [0.1, 0.15) is 17.3 Å². The van der Waals surface area contributed by atoms with E-state index < -0.39 is 28.4 Å². The van der Waals surface area contributed by atoms with E-state index in [1.165, 1.54) is 22.9 Å². The third kappa shape index (κ3) is 4.13. The number of rotatable bonds is 7. The summed E-state index contributed by atoms with van der Waals surface area (Å²) in [5, 5.41) is 14.5. The van der Waals surface area contributed by atoms with Crippen LogP contribution in [-0.4, -0.2) is 20.3 Å². The molecule has 1 aromatic heterocycles. The first-order valence-corrected chi connectivity index (χ1v) is 8.83. The third-order valence-corrected chi connectivity index (χ3v) is 4.55. The maximum atomic E-state index is 14.1. The van der Waals surface area contributed by atoms with E-state index in [9.17, 15) is 23.7 Å². The van der Waals surface area contributed by atoms with Crippen molar-refractivity contribution in [3.63, 3.8) is 0 Å². The molecule has 0 bridgehead atoms. The minimum absolute atomic E-state index is 0.0648. The van der Waals surface area contributed by atoms with Crippen LogP contribution in [-0.2, 0) is 7.05 Å². The molecule has 0 saturated carbocycles. The van der Waals surface area contributed by atoms with E-state index in [4.69, 9.17) is 0 Å². The van der Waals surface area contributed by atoms with Gasteiger partial charge in [-0.2, -0.15) is 0 Å². The van der Waals surface area contributed by atoms with Gasteiger partial charge in [0.15, 0.2) is 5.82 Å². The van der Waals surface area contributed by atoms with E-state index in [1.807, 2.05) is 0 Å². The Kier molecular flexibility index (Phi) is 5.67. The molecule has 0 radical (unpaired) electrons. The highest BCUT2D eigenvalue weighted by Gasteiger charge is 2.23. The van der Waals surface area contributed by atoms with Gasteiger partial charge >= 0.3 is 0 Å². The number of anilines is 1. The van der Waals surface area contributed by atoms with Crippen molar-refractivity contribution in [2.45, 2.75) is 19.4 Å². The average Bonchev–Trinajstić information content (AvgIpc) is 3.13. The van der Waals surface area contributed by atoms with Crippen LogP contribution in [0.15, 0.2) is 48.8 Å². The molecule has 0 saturated heterocycles. The molecule has 2 aromatic carbocycles. The van der Waals surface area contributed by atoms with E-state index in [0.717, 1.165) is 24.3 Å². The van der Waals surface area contributed by atoms with Crippen LogP contribution in [0.5, 0.6) is 0 Å². The monoisotopic (exact) mass is 400 g/mol. The van der Waals surface area contributed by atoms with Crippen molar-refractivity contribution < 1.29 is 18.5 Å². The van der Waals surface area contributed by atoms with E-state index >= 15 is 0 Å². The zero-order valence-corrected chi connectivity index (χ0v) is 15.7. The number of nitrogens with one attached hydrogen (secondary N) is 1. The van der Waals surface area contributed by atoms with Crippen molar-refractivity contribution in [2.24, 2.45) is 7.05 Å². The molecule has 3 aromatic rings. The fourth-order valence-corrected chi connectivity index (χ4v) is 3.03. The van der Waals surface area contributed by atoms with Crippen LogP contribution >= 0.6 is 0 Å². The lowest BCUT2D eigenvalue weighted by atomic mass is 10.0. The van der Waals surface area contributed by atoms with Gasteiger partial charge in [-0.25, -0.2) is 13.8 Å². The van der Waals surface area contributed by atoms with E-state index in [2.05, 4.69) is 10.3 Å². The fraction of sp³-hybridized carbons (Fsp3) is 0.200.